The molecule has 0 bridgehead atoms. The third-order valence-electron chi connectivity index (χ3n) is 2.18. The summed E-state index contributed by atoms with van der Waals surface area (Å²) in [5.74, 6) is 0. The molecule has 1 fully saturated rings. The van der Waals surface area contributed by atoms with Gasteiger partial charge in [-0.05, 0) is 0 Å². The monoisotopic (exact) mass is 383 g/mol. The zero-order valence-electron chi connectivity index (χ0n) is 8.93. The molecule has 1 aliphatic heterocycles. The second-order valence-corrected chi connectivity index (χ2v) is 4.52. The van der Waals surface area contributed by atoms with Crippen molar-refractivity contribution in [3.05, 3.63) is 0 Å². The number of hydrogen-bond donors (Lipinski definition) is 2. The molecule has 0 aromatic carbocycles. The Balaban J connectivity index is 0.00000169. The van der Waals surface area contributed by atoms with Crippen molar-refractivity contribution < 1.29 is 30.5 Å². The van der Waals surface area contributed by atoms with E-state index in [0.29, 0.717) is 13.1 Å². The van der Waals surface area contributed by atoms with Gasteiger partial charge in [0.05, 0.1) is 0 Å². The van der Waals surface area contributed by atoms with Crippen LogP contribution in [0.4, 0.5) is 0 Å². The van der Waals surface area contributed by atoms with Crippen molar-refractivity contribution in [3.63, 3.8) is 0 Å². The molecule has 1 saturated heterocycles. The van der Waals surface area contributed by atoms with E-state index in [1.165, 1.54) is 0 Å². The molecule has 1 aliphatic rings. The SMILES string of the molecule is CC(C)(C)C1O[C@H](CN)[C@@H](CN)O1.[Pt]. The van der Waals surface area contributed by atoms with Crippen molar-refractivity contribution in [1.82, 2.24) is 0 Å². The fourth-order valence-electron chi connectivity index (χ4n) is 1.35. The molecule has 4 N–H and O–H groups in total. The molecule has 1 rings (SSSR count). The van der Waals surface area contributed by atoms with Crippen molar-refractivity contribution in [2.24, 2.45) is 16.9 Å². The fourth-order valence-corrected chi connectivity index (χ4v) is 1.35. The Morgan fingerprint density at radius 3 is 1.57 bits per heavy atom. The second-order valence-electron chi connectivity index (χ2n) is 4.52. The van der Waals surface area contributed by atoms with Crippen LogP contribution in [0.3, 0.4) is 0 Å². The van der Waals surface area contributed by atoms with Crippen molar-refractivity contribution in [1.29, 1.82) is 0 Å². The van der Waals surface area contributed by atoms with Gasteiger partial charge in [-0.1, -0.05) is 20.8 Å². The normalized spacial score (nSPS) is 28.9. The van der Waals surface area contributed by atoms with Gasteiger partial charge in [-0.25, -0.2) is 0 Å². The maximum atomic E-state index is 5.65. The van der Waals surface area contributed by atoms with E-state index in [9.17, 15) is 0 Å². The minimum atomic E-state index is -0.186. The molecule has 0 aromatic heterocycles. The van der Waals surface area contributed by atoms with E-state index in [4.69, 9.17) is 20.9 Å². The summed E-state index contributed by atoms with van der Waals surface area (Å²) >= 11 is 0. The molecule has 88 valence electrons. The van der Waals surface area contributed by atoms with Crippen LogP contribution in [0, 0.1) is 5.41 Å². The van der Waals surface area contributed by atoms with Gasteiger partial charge < -0.3 is 20.9 Å². The molecule has 0 aliphatic carbocycles. The van der Waals surface area contributed by atoms with E-state index in [2.05, 4.69) is 20.8 Å². The van der Waals surface area contributed by atoms with Crippen LogP contribution in [0.15, 0.2) is 0 Å². The smallest absolute Gasteiger partial charge is 0.163 e. The third-order valence-corrected chi connectivity index (χ3v) is 2.18. The molecule has 1 heterocycles. The summed E-state index contributed by atoms with van der Waals surface area (Å²) in [6.45, 7) is 7.15. The number of ether oxygens (including phenoxy) is 2. The Bertz CT molecular complexity index is 161. The van der Waals surface area contributed by atoms with Crippen LogP contribution in [0.25, 0.3) is 0 Å². The Hall–Kier alpha value is 0.528. The van der Waals surface area contributed by atoms with Gasteiger partial charge in [0, 0.05) is 39.6 Å². The number of rotatable bonds is 2. The van der Waals surface area contributed by atoms with Crippen molar-refractivity contribution in [2.45, 2.75) is 39.3 Å². The molecule has 4 nitrogen and oxygen atoms in total. The van der Waals surface area contributed by atoms with Crippen LogP contribution in [-0.2, 0) is 30.5 Å². The van der Waals surface area contributed by atoms with Crippen LogP contribution in [0.2, 0.25) is 0 Å². The van der Waals surface area contributed by atoms with E-state index < -0.39 is 0 Å². The van der Waals surface area contributed by atoms with E-state index in [1.807, 2.05) is 0 Å². The maximum absolute atomic E-state index is 5.65. The van der Waals surface area contributed by atoms with Crippen molar-refractivity contribution in [3.8, 4) is 0 Å². The number of hydrogen-bond acceptors (Lipinski definition) is 4. The quantitative estimate of drug-likeness (QED) is 0.708. The van der Waals surface area contributed by atoms with Crippen LogP contribution in [0.5, 0.6) is 0 Å². The molecular formula is C9H20N2O2Pt. The molecule has 0 amide bonds. The predicted octanol–water partition coefficient (Wildman–Crippen LogP) is 0.0575. The van der Waals surface area contributed by atoms with Crippen LogP contribution in [-0.4, -0.2) is 31.6 Å². The zero-order valence-corrected chi connectivity index (χ0v) is 11.2. The Kier molecular flexibility index (Phi) is 5.78. The first-order chi connectivity index (χ1) is 5.99. The van der Waals surface area contributed by atoms with Gasteiger partial charge in [0.1, 0.15) is 12.2 Å². The number of nitrogens with two attached hydrogens (primary N) is 2. The van der Waals surface area contributed by atoms with Gasteiger partial charge >= 0.3 is 0 Å². The summed E-state index contributed by atoms with van der Waals surface area (Å²) in [5.41, 5.74) is 11.1. The van der Waals surface area contributed by atoms with E-state index in [0.717, 1.165) is 0 Å². The van der Waals surface area contributed by atoms with E-state index >= 15 is 0 Å². The first kappa shape index (κ1) is 14.5. The summed E-state index contributed by atoms with van der Waals surface area (Å²) in [4.78, 5) is 0. The largest absolute Gasteiger partial charge is 0.345 e. The van der Waals surface area contributed by atoms with Gasteiger partial charge in [0.25, 0.3) is 0 Å². The molecule has 0 radical (unpaired) electrons. The average Bonchev–Trinajstić information content (AvgIpc) is 2.45. The van der Waals surface area contributed by atoms with Crippen molar-refractivity contribution in [2.75, 3.05) is 13.1 Å². The summed E-state index contributed by atoms with van der Waals surface area (Å²) < 4.78 is 11.3. The van der Waals surface area contributed by atoms with Gasteiger partial charge in [0.15, 0.2) is 6.29 Å². The topological polar surface area (TPSA) is 70.5 Å². The van der Waals surface area contributed by atoms with E-state index in [-0.39, 0.29) is 45.0 Å². The standard InChI is InChI=1S/C9H20N2O2.Pt/c1-9(2,3)8-12-6(4-10)7(5-11)13-8;/h6-8H,4-5,10-11H2,1-3H3;/t6-,7-;/m1./s1. The van der Waals surface area contributed by atoms with Crippen LogP contribution < -0.4 is 11.5 Å². The second kappa shape index (κ2) is 5.57. The van der Waals surface area contributed by atoms with Gasteiger partial charge in [-0.15, -0.1) is 0 Å². The van der Waals surface area contributed by atoms with Gasteiger partial charge in [-0.3, -0.25) is 0 Å². The van der Waals surface area contributed by atoms with Crippen molar-refractivity contribution >= 4 is 0 Å². The van der Waals surface area contributed by atoms with Crippen LogP contribution in [0.1, 0.15) is 20.8 Å². The Morgan fingerprint density at radius 1 is 1.00 bits per heavy atom. The molecule has 0 spiro atoms. The molecule has 5 heteroatoms. The van der Waals surface area contributed by atoms with Crippen LogP contribution >= 0.6 is 0 Å². The Morgan fingerprint density at radius 2 is 1.36 bits per heavy atom. The van der Waals surface area contributed by atoms with Gasteiger partial charge in [0.2, 0.25) is 0 Å². The summed E-state index contributed by atoms with van der Waals surface area (Å²) in [7, 11) is 0. The summed E-state index contributed by atoms with van der Waals surface area (Å²) in [5, 5.41) is 0. The maximum Gasteiger partial charge on any atom is 0.163 e. The van der Waals surface area contributed by atoms with E-state index in [1.54, 1.807) is 0 Å². The molecule has 0 aromatic rings. The summed E-state index contributed by atoms with van der Waals surface area (Å²) in [6.07, 6.45) is -0.280. The third kappa shape index (κ3) is 3.28. The zero-order chi connectivity index (χ0) is 10.1. The molecule has 2 atom stereocenters. The first-order valence-corrected chi connectivity index (χ1v) is 4.70. The minimum absolute atomic E-state index is 0. The summed E-state index contributed by atoms with van der Waals surface area (Å²) in [6, 6.07) is 0. The molecule has 0 saturated carbocycles. The predicted molar refractivity (Wildman–Crippen MR) is 51.1 cm³/mol. The fraction of sp³-hybridized carbons (Fsp3) is 1.00. The molecule has 0 unspecified atom stereocenters. The average molecular weight is 383 g/mol. The molecular weight excluding hydrogens is 363 g/mol. The first-order valence-electron chi connectivity index (χ1n) is 4.70. The Labute approximate surface area is 99.9 Å². The van der Waals surface area contributed by atoms with Gasteiger partial charge in [-0.2, -0.15) is 0 Å². The molecule has 14 heavy (non-hydrogen) atoms. The minimum Gasteiger partial charge on any atom is -0.345 e.